The third kappa shape index (κ3) is 4.40. The summed E-state index contributed by atoms with van der Waals surface area (Å²) in [5.41, 5.74) is 2.95. The van der Waals surface area contributed by atoms with E-state index in [9.17, 15) is 4.79 Å². The number of hydrogen-bond acceptors (Lipinski definition) is 5. The minimum absolute atomic E-state index is 0.195. The molecule has 0 aliphatic rings. The number of anilines is 3. The number of methoxy groups -OCH3 is 1. The average Bonchev–Trinajstić information content (AvgIpc) is 2.69. The number of aromatic nitrogens is 2. The van der Waals surface area contributed by atoms with Crippen molar-refractivity contribution in [1.82, 2.24) is 9.97 Å². The molecule has 0 aliphatic carbocycles. The largest absolute Gasteiger partial charge is 0.495 e. The summed E-state index contributed by atoms with van der Waals surface area (Å²) in [6, 6.07) is 13.1. The Morgan fingerprint density at radius 3 is 2.61 bits per heavy atom. The number of rotatable bonds is 6. The van der Waals surface area contributed by atoms with E-state index in [1.54, 1.807) is 24.1 Å². The molecule has 28 heavy (non-hydrogen) atoms. The van der Waals surface area contributed by atoms with Gasteiger partial charge in [0, 0.05) is 17.9 Å². The van der Waals surface area contributed by atoms with E-state index in [1.165, 1.54) is 12.4 Å². The van der Waals surface area contributed by atoms with Crippen molar-refractivity contribution in [3.05, 3.63) is 71.1 Å². The van der Waals surface area contributed by atoms with E-state index < -0.39 is 0 Å². The van der Waals surface area contributed by atoms with E-state index in [-0.39, 0.29) is 11.6 Å². The van der Waals surface area contributed by atoms with Gasteiger partial charge in [0.1, 0.15) is 17.3 Å². The van der Waals surface area contributed by atoms with Crippen LogP contribution in [-0.2, 0) is 0 Å². The predicted octanol–water partition coefficient (Wildman–Crippen LogP) is 4.86. The molecule has 0 unspecified atom stereocenters. The Labute approximate surface area is 169 Å². The second-order valence-corrected chi connectivity index (χ2v) is 6.56. The third-order valence-corrected chi connectivity index (χ3v) is 4.47. The molecule has 0 aliphatic heterocycles. The quantitative estimate of drug-likeness (QED) is 0.644. The van der Waals surface area contributed by atoms with Crippen LogP contribution in [0.15, 0.2) is 54.9 Å². The van der Waals surface area contributed by atoms with Crippen LogP contribution < -0.4 is 15.0 Å². The first-order valence-corrected chi connectivity index (χ1v) is 9.20. The maximum Gasteiger partial charge on any atom is 0.278 e. The smallest absolute Gasteiger partial charge is 0.278 e. The molecular formula is C21H21ClN4O2. The van der Waals surface area contributed by atoms with Crippen molar-refractivity contribution in [3.63, 3.8) is 0 Å². The van der Waals surface area contributed by atoms with Gasteiger partial charge in [-0.1, -0.05) is 23.7 Å². The first-order chi connectivity index (χ1) is 13.5. The number of ether oxygens (including phenoxy) is 1. The van der Waals surface area contributed by atoms with Gasteiger partial charge in [-0.2, -0.15) is 0 Å². The van der Waals surface area contributed by atoms with Gasteiger partial charge in [0.25, 0.3) is 5.91 Å². The zero-order valence-electron chi connectivity index (χ0n) is 15.9. The highest BCUT2D eigenvalue weighted by molar-refractivity contribution is 6.32. The van der Waals surface area contributed by atoms with Crippen LogP contribution in [0, 0.1) is 6.92 Å². The lowest BCUT2D eigenvalue weighted by Crippen LogP contribution is -2.31. The van der Waals surface area contributed by atoms with E-state index in [0.29, 0.717) is 23.1 Å². The van der Waals surface area contributed by atoms with Crippen LogP contribution in [0.4, 0.5) is 17.2 Å². The minimum atomic E-state index is -0.195. The number of halogens is 1. The van der Waals surface area contributed by atoms with Crippen LogP contribution in [0.25, 0.3) is 0 Å². The summed E-state index contributed by atoms with van der Waals surface area (Å²) < 4.78 is 5.14. The van der Waals surface area contributed by atoms with Crippen molar-refractivity contribution in [2.75, 3.05) is 23.9 Å². The van der Waals surface area contributed by atoms with Gasteiger partial charge in [0.2, 0.25) is 0 Å². The van der Waals surface area contributed by atoms with E-state index in [4.69, 9.17) is 16.3 Å². The Bertz CT molecular complexity index is 976. The summed E-state index contributed by atoms with van der Waals surface area (Å²) in [5, 5.41) is 3.60. The third-order valence-electron chi connectivity index (χ3n) is 4.17. The Morgan fingerprint density at radius 2 is 2.00 bits per heavy atom. The summed E-state index contributed by atoms with van der Waals surface area (Å²) in [4.78, 5) is 23.1. The van der Waals surface area contributed by atoms with Crippen molar-refractivity contribution in [2.24, 2.45) is 0 Å². The van der Waals surface area contributed by atoms with Gasteiger partial charge in [-0.05, 0) is 49.7 Å². The fourth-order valence-electron chi connectivity index (χ4n) is 2.77. The molecule has 0 fully saturated rings. The Balaban J connectivity index is 1.76. The Morgan fingerprint density at radius 1 is 1.18 bits per heavy atom. The molecule has 0 bridgehead atoms. The van der Waals surface area contributed by atoms with E-state index in [1.807, 2.05) is 44.2 Å². The number of nitrogens with zero attached hydrogens (tertiary/aromatic N) is 3. The van der Waals surface area contributed by atoms with Gasteiger partial charge in [-0.25, -0.2) is 9.97 Å². The molecular weight excluding hydrogens is 376 g/mol. The fraction of sp³-hybridized carbons (Fsp3) is 0.190. The van der Waals surface area contributed by atoms with Crippen LogP contribution in [0.5, 0.6) is 5.75 Å². The number of nitrogens with one attached hydrogen (secondary N) is 1. The van der Waals surface area contributed by atoms with E-state index in [2.05, 4.69) is 15.3 Å². The maximum atomic E-state index is 12.8. The van der Waals surface area contributed by atoms with Crippen molar-refractivity contribution < 1.29 is 9.53 Å². The molecule has 0 atom stereocenters. The molecule has 0 saturated carbocycles. The predicted molar refractivity (Wildman–Crippen MR) is 112 cm³/mol. The van der Waals surface area contributed by atoms with Gasteiger partial charge >= 0.3 is 0 Å². The van der Waals surface area contributed by atoms with Crippen molar-refractivity contribution in [3.8, 4) is 5.75 Å². The second kappa shape index (κ2) is 8.71. The molecule has 0 radical (unpaired) electrons. The first kappa shape index (κ1) is 19.6. The lowest BCUT2D eigenvalue weighted by molar-refractivity contribution is 0.0983. The molecule has 7 heteroatoms. The molecule has 0 spiro atoms. The van der Waals surface area contributed by atoms with Crippen LogP contribution in [-0.4, -0.2) is 29.5 Å². The topological polar surface area (TPSA) is 67.4 Å². The molecule has 3 aromatic rings. The van der Waals surface area contributed by atoms with Gasteiger partial charge in [-0.3, -0.25) is 4.79 Å². The minimum Gasteiger partial charge on any atom is -0.495 e. The normalized spacial score (nSPS) is 10.4. The number of carbonyl (C=O) groups excluding carboxylic acids is 1. The van der Waals surface area contributed by atoms with Crippen LogP contribution in [0.1, 0.15) is 23.0 Å². The molecule has 144 valence electrons. The van der Waals surface area contributed by atoms with Crippen LogP contribution in [0.3, 0.4) is 0 Å². The highest BCUT2D eigenvalue weighted by Gasteiger charge is 2.18. The lowest BCUT2D eigenvalue weighted by atomic mass is 10.2. The summed E-state index contributed by atoms with van der Waals surface area (Å²) in [5.74, 6) is 0.908. The van der Waals surface area contributed by atoms with Gasteiger partial charge in [0.15, 0.2) is 0 Å². The zero-order chi connectivity index (χ0) is 20.1. The van der Waals surface area contributed by atoms with Gasteiger partial charge in [-0.15, -0.1) is 0 Å². The summed E-state index contributed by atoms with van der Waals surface area (Å²) >= 11 is 6.13. The molecule has 1 heterocycles. The molecule has 1 aromatic heterocycles. The molecule has 6 nitrogen and oxygen atoms in total. The SMILES string of the molecule is CCN(C(=O)c1cnc(Nc2ccc(OC)c(Cl)c2)cn1)c1cccc(C)c1. The first-order valence-electron chi connectivity index (χ1n) is 8.83. The molecule has 1 amide bonds. The lowest BCUT2D eigenvalue weighted by Gasteiger charge is -2.21. The van der Waals surface area contributed by atoms with Crippen molar-refractivity contribution in [1.29, 1.82) is 0 Å². The molecule has 3 rings (SSSR count). The number of carbonyl (C=O) groups is 1. The van der Waals surface area contributed by atoms with Gasteiger partial charge < -0.3 is 15.0 Å². The summed E-state index contributed by atoms with van der Waals surface area (Å²) in [6.07, 6.45) is 2.99. The number of aryl methyl sites for hydroxylation is 1. The van der Waals surface area contributed by atoms with Crippen molar-refractivity contribution >= 4 is 34.7 Å². The Hall–Kier alpha value is -3.12. The number of amides is 1. The van der Waals surface area contributed by atoms with E-state index in [0.717, 1.165) is 16.9 Å². The van der Waals surface area contributed by atoms with E-state index >= 15 is 0 Å². The zero-order valence-corrected chi connectivity index (χ0v) is 16.7. The Kier molecular flexibility index (Phi) is 6.11. The molecule has 2 aromatic carbocycles. The maximum absolute atomic E-state index is 12.8. The molecule has 1 N–H and O–H groups in total. The van der Waals surface area contributed by atoms with Crippen LogP contribution in [0.2, 0.25) is 5.02 Å². The van der Waals surface area contributed by atoms with Crippen molar-refractivity contribution in [2.45, 2.75) is 13.8 Å². The monoisotopic (exact) mass is 396 g/mol. The standard InChI is InChI=1S/C21H21ClN4O2/c1-4-26(16-7-5-6-14(2)10-16)21(27)18-12-24-20(13-23-18)25-15-8-9-19(28-3)17(22)11-15/h5-13H,4H2,1-3H3,(H,24,25). The highest BCUT2D eigenvalue weighted by Crippen LogP contribution is 2.28. The fourth-order valence-corrected chi connectivity index (χ4v) is 3.03. The summed E-state index contributed by atoms with van der Waals surface area (Å²) in [6.45, 7) is 4.46. The second-order valence-electron chi connectivity index (χ2n) is 6.15. The number of benzene rings is 2. The highest BCUT2D eigenvalue weighted by atomic mass is 35.5. The number of hydrogen-bond donors (Lipinski definition) is 1. The molecule has 0 saturated heterocycles. The average molecular weight is 397 g/mol. The van der Waals surface area contributed by atoms with Crippen LogP contribution >= 0.6 is 11.6 Å². The summed E-state index contributed by atoms with van der Waals surface area (Å²) in [7, 11) is 1.56. The van der Waals surface area contributed by atoms with Gasteiger partial charge in [0.05, 0.1) is 24.5 Å².